The van der Waals surface area contributed by atoms with Gasteiger partial charge in [0.05, 0.1) is 0 Å². The summed E-state index contributed by atoms with van der Waals surface area (Å²) in [6, 6.07) is 5.98. The predicted molar refractivity (Wildman–Crippen MR) is 43.3 cm³/mol. The summed E-state index contributed by atoms with van der Waals surface area (Å²) in [6.07, 6.45) is 0. The molecule has 0 radical (unpaired) electrons. The van der Waals surface area contributed by atoms with Crippen molar-refractivity contribution in [3.05, 3.63) is 23.8 Å². The molecular formula is C9H11ClO2Zn. The topological polar surface area (TPSA) is 18.5 Å². The summed E-state index contributed by atoms with van der Waals surface area (Å²) in [5.41, 5.74) is 1.28. The molecule has 0 heterocycles. The van der Waals surface area contributed by atoms with Crippen molar-refractivity contribution in [2.45, 2.75) is 5.02 Å². The van der Waals surface area contributed by atoms with E-state index in [1.165, 1.54) is 23.9 Å². The molecule has 0 N–H and O–H groups in total. The van der Waals surface area contributed by atoms with Crippen LogP contribution in [-0.4, -0.2) is 14.2 Å². The molecule has 0 bridgehead atoms. The molecule has 1 aromatic rings. The Bertz CT molecular complexity index is 211. The summed E-state index contributed by atoms with van der Waals surface area (Å²) in [5, 5.41) is 1.12. The summed E-state index contributed by atoms with van der Waals surface area (Å²) in [5.74, 6) is 1.75. The van der Waals surface area contributed by atoms with Gasteiger partial charge in [0, 0.05) is 0 Å². The third kappa shape index (κ3) is 3.53. The van der Waals surface area contributed by atoms with Crippen LogP contribution >= 0.6 is 0 Å². The fraction of sp³-hybridized carbons (Fsp3) is 0.333. The van der Waals surface area contributed by atoms with Crippen LogP contribution in [-0.2, 0) is 23.3 Å². The fourth-order valence-electron chi connectivity index (χ4n) is 1.01. The molecule has 0 aliphatic heterocycles. The first-order valence-corrected chi connectivity index (χ1v) is 5.91. The van der Waals surface area contributed by atoms with E-state index in [1.54, 1.807) is 14.2 Å². The normalized spacial score (nSPS) is 8.92. The molecule has 13 heavy (non-hydrogen) atoms. The minimum absolute atomic E-state index is 0. The largest absolute Gasteiger partial charge is 1.00 e. The smallest absolute Gasteiger partial charge is 1.00 e. The molecule has 0 unspecified atom stereocenters. The van der Waals surface area contributed by atoms with E-state index in [0.29, 0.717) is 0 Å². The maximum atomic E-state index is 5.13. The Kier molecular flexibility index (Phi) is 6.10. The minimum atomic E-state index is 0. The quantitative estimate of drug-likeness (QED) is 0.626. The van der Waals surface area contributed by atoms with Gasteiger partial charge >= 0.3 is 82.3 Å². The van der Waals surface area contributed by atoms with Crippen LogP contribution in [0.15, 0.2) is 18.2 Å². The first-order chi connectivity index (χ1) is 5.80. The summed E-state index contributed by atoms with van der Waals surface area (Å²) in [6.45, 7) is 0. The first-order valence-electron chi connectivity index (χ1n) is 3.81. The van der Waals surface area contributed by atoms with E-state index in [1.807, 2.05) is 18.2 Å². The first kappa shape index (κ1) is 12.7. The van der Waals surface area contributed by atoms with Gasteiger partial charge < -0.3 is 12.4 Å². The number of methoxy groups -OCH3 is 2. The number of benzene rings is 1. The van der Waals surface area contributed by atoms with Crippen LogP contribution in [0.5, 0.6) is 11.5 Å². The third-order valence-corrected chi connectivity index (χ3v) is 2.91. The molecule has 0 aromatic heterocycles. The molecule has 4 heteroatoms. The van der Waals surface area contributed by atoms with E-state index in [9.17, 15) is 0 Å². The second kappa shape index (κ2) is 6.23. The van der Waals surface area contributed by atoms with E-state index in [-0.39, 0.29) is 12.4 Å². The zero-order valence-electron chi connectivity index (χ0n) is 7.84. The molecule has 1 rings (SSSR count). The summed E-state index contributed by atoms with van der Waals surface area (Å²) in [4.78, 5) is 0. The zero-order chi connectivity index (χ0) is 8.97. The van der Waals surface area contributed by atoms with Crippen molar-refractivity contribution in [1.29, 1.82) is 0 Å². The molecule has 68 valence electrons. The van der Waals surface area contributed by atoms with Gasteiger partial charge in [0.1, 0.15) is 0 Å². The average Bonchev–Trinajstić information content (AvgIpc) is 2.16. The van der Waals surface area contributed by atoms with Gasteiger partial charge in [-0.1, -0.05) is 0 Å². The maximum absolute atomic E-state index is 5.13. The van der Waals surface area contributed by atoms with Crippen LogP contribution in [0.1, 0.15) is 5.56 Å². The Morgan fingerprint density at radius 1 is 1.08 bits per heavy atom. The monoisotopic (exact) mass is 250 g/mol. The molecule has 0 amide bonds. The van der Waals surface area contributed by atoms with E-state index < -0.39 is 0 Å². The van der Waals surface area contributed by atoms with Gasteiger partial charge in [0.15, 0.2) is 0 Å². The van der Waals surface area contributed by atoms with Gasteiger partial charge in [-0.25, -0.2) is 0 Å². The van der Waals surface area contributed by atoms with Crippen LogP contribution in [0.3, 0.4) is 0 Å². The number of ether oxygens (including phenoxy) is 2. The van der Waals surface area contributed by atoms with Crippen LogP contribution in [0, 0.1) is 0 Å². The SMILES string of the molecule is COc1cc([CH2][Zn+])cc(OC)c1.[Cl-]. The van der Waals surface area contributed by atoms with Crippen molar-refractivity contribution in [1.82, 2.24) is 0 Å². The van der Waals surface area contributed by atoms with Crippen LogP contribution in [0.4, 0.5) is 0 Å². The van der Waals surface area contributed by atoms with E-state index >= 15 is 0 Å². The van der Waals surface area contributed by atoms with Crippen LogP contribution in [0.2, 0.25) is 0 Å². The maximum Gasteiger partial charge on any atom is -1.00 e. The van der Waals surface area contributed by atoms with Crippen molar-refractivity contribution in [3.8, 4) is 11.5 Å². The molecule has 0 atom stereocenters. The van der Waals surface area contributed by atoms with Gasteiger partial charge in [0.2, 0.25) is 0 Å². The van der Waals surface area contributed by atoms with Gasteiger partial charge in [-0.2, -0.15) is 0 Å². The molecule has 0 aliphatic carbocycles. The Morgan fingerprint density at radius 3 is 1.85 bits per heavy atom. The van der Waals surface area contributed by atoms with E-state index in [2.05, 4.69) is 0 Å². The molecule has 1 aromatic carbocycles. The fourth-order valence-corrected chi connectivity index (χ4v) is 1.62. The minimum Gasteiger partial charge on any atom is -1.00 e. The Balaban J connectivity index is 0.00000144. The Hall–Kier alpha value is -0.267. The van der Waals surface area contributed by atoms with E-state index in [4.69, 9.17) is 9.47 Å². The molecule has 0 aliphatic rings. The molecular weight excluding hydrogens is 241 g/mol. The number of rotatable bonds is 3. The van der Waals surface area contributed by atoms with Gasteiger partial charge in [0.25, 0.3) is 0 Å². The standard InChI is InChI=1S/C9H11O2.ClH.Zn/c1-7-4-8(10-2)6-9(5-7)11-3;;/h4-6H,1H2,2-3H3;1H;/q;;+1/p-1. The number of hydrogen-bond donors (Lipinski definition) is 0. The molecule has 0 saturated heterocycles. The van der Waals surface area contributed by atoms with E-state index in [0.717, 1.165) is 16.5 Å². The van der Waals surface area contributed by atoms with Crippen molar-refractivity contribution in [2.24, 2.45) is 0 Å². The zero-order valence-corrected chi connectivity index (χ0v) is 11.6. The summed E-state index contributed by atoms with van der Waals surface area (Å²) >= 11 is 1.26. The van der Waals surface area contributed by atoms with Crippen LogP contribution < -0.4 is 21.9 Å². The number of halogens is 1. The van der Waals surface area contributed by atoms with Gasteiger partial charge in [-0.3, -0.25) is 0 Å². The third-order valence-electron chi connectivity index (χ3n) is 1.70. The van der Waals surface area contributed by atoms with Crippen molar-refractivity contribution in [2.75, 3.05) is 14.2 Å². The molecule has 0 spiro atoms. The van der Waals surface area contributed by atoms with Crippen molar-refractivity contribution >= 4 is 0 Å². The molecule has 0 fully saturated rings. The summed E-state index contributed by atoms with van der Waals surface area (Å²) in [7, 11) is 3.34. The Labute approximate surface area is 94.7 Å². The second-order valence-corrected chi connectivity index (χ2v) is 3.52. The average molecular weight is 252 g/mol. The number of hydrogen-bond acceptors (Lipinski definition) is 2. The van der Waals surface area contributed by atoms with Crippen LogP contribution in [0.25, 0.3) is 0 Å². The predicted octanol–water partition coefficient (Wildman–Crippen LogP) is -1.25. The molecule has 2 nitrogen and oxygen atoms in total. The summed E-state index contributed by atoms with van der Waals surface area (Å²) < 4.78 is 10.3. The molecule has 0 saturated carbocycles. The van der Waals surface area contributed by atoms with Crippen molar-refractivity contribution < 1.29 is 40.2 Å². The van der Waals surface area contributed by atoms with Gasteiger partial charge in [-0.15, -0.1) is 0 Å². The Morgan fingerprint density at radius 2 is 1.54 bits per heavy atom. The second-order valence-electron chi connectivity index (χ2n) is 2.47. The van der Waals surface area contributed by atoms with Gasteiger partial charge in [-0.05, 0) is 0 Å². The van der Waals surface area contributed by atoms with Crippen molar-refractivity contribution in [3.63, 3.8) is 0 Å².